The Morgan fingerprint density at radius 1 is 1.52 bits per heavy atom. The Kier molecular flexibility index (Phi) is 4.82. The summed E-state index contributed by atoms with van der Waals surface area (Å²) in [5.41, 5.74) is 5.87. The lowest BCUT2D eigenvalue weighted by Gasteiger charge is -2.34. The molecule has 2 rings (SSSR count). The molecule has 1 atom stereocenters. The summed E-state index contributed by atoms with van der Waals surface area (Å²) in [6, 6.07) is 0. The van der Waals surface area contributed by atoms with Crippen LogP contribution in [0.1, 0.15) is 39.3 Å². The fourth-order valence-electron chi connectivity index (χ4n) is 2.49. The first-order valence-corrected chi connectivity index (χ1v) is 7.44. The highest BCUT2D eigenvalue weighted by atomic mass is 16.6. The standard InChI is InChI=1S/C14H25N5O2/c1-14(2,3)21-13(20)18-6-4-5-11(8-18)9-19-10-12(7-15)16-17-19/h10-11H,4-9,15H2,1-3H3/t11-/m1/s1. The van der Waals surface area contributed by atoms with Crippen molar-refractivity contribution in [3.05, 3.63) is 11.9 Å². The largest absolute Gasteiger partial charge is 0.444 e. The van der Waals surface area contributed by atoms with Crippen LogP contribution >= 0.6 is 0 Å². The van der Waals surface area contributed by atoms with Crippen LogP contribution in [0.5, 0.6) is 0 Å². The van der Waals surface area contributed by atoms with Crippen molar-refractivity contribution < 1.29 is 9.53 Å². The van der Waals surface area contributed by atoms with E-state index in [0.29, 0.717) is 19.0 Å². The van der Waals surface area contributed by atoms with Crippen LogP contribution in [-0.4, -0.2) is 44.7 Å². The molecule has 1 aromatic heterocycles. The Morgan fingerprint density at radius 2 is 2.29 bits per heavy atom. The molecule has 0 aliphatic carbocycles. The molecule has 0 spiro atoms. The smallest absolute Gasteiger partial charge is 0.410 e. The monoisotopic (exact) mass is 295 g/mol. The number of piperidine rings is 1. The predicted octanol–water partition coefficient (Wildman–Crippen LogP) is 1.38. The summed E-state index contributed by atoms with van der Waals surface area (Å²) in [6.45, 7) is 8.27. The van der Waals surface area contributed by atoms with E-state index in [1.54, 1.807) is 4.90 Å². The summed E-state index contributed by atoms with van der Waals surface area (Å²) in [5, 5.41) is 8.05. The van der Waals surface area contributed by atoms with Crippen LogP contribution in [-0.2, 0) is 17.8 Å². The van der Waals surface area contributed by atoms with Gasteiger partial charge in [-0.15, -0.1) is 5.10 Å². The minimum Gasteiger partial charge on any atom is -0.444 e. The average molecular weight is 295 g/mol. The van der Waals surface area contributed by atoms with Crippen LogP contribution in [0.2, 0.25) is 0 Å². The van der Waals surface area contributed by atoms with E-state index < -0.39 is 5.60 Å². The summed E-state index contributed by atoms with van der Waals surface area (Å²) < 4.78 is 7.24. The van der Waals surface area contributed by atoms with Crippen molar-refractivity contribution in [1.82, 2.24) is 19.9 Å². The summed E-state index contributed by atoms with van der Waals surface area (Å²) in [6.07, 6.45) is 3.71. The zero-order valence-electron chi connectivity index (χ0n) is 13.1. The van der Waals surface area contributed by atoms with Gasteiger partial charge >= 0.3 is 6.09 Å². The molecule has 0 radical (unpaired) electrons. The van der Waals surface area contributed by atoms with Crippen LogP contribution < -0.4 is 5.73 Å². The molecular weight excluding hydrogens is 270 g/mol. The highest BCUT2D eigenvalue weighted by Gasteiger charge is 2.27. The molecule has 1 aromatic rings. The highest BCUT2D eigenvalue weighted by molar-refractivity contribution is 5.68. The van der Waals surface area contributed by atoms with Gasteiger partial charge in [0, 0.05) is 32.4 Å². The third-order valence-electron chi connectivity index (χ3n) is 3.41. The fourth-order valence-corrected chi connectivity index (χ4v) is 2.49. The Balaban J connectivity index is 1.89. The Bertz CT molecular complexity index is 480. The molecule has 2 heterocycles. The van der Waals surface area contributed by atoms with E-state index in [1.165, 1.54) is 0 Å². The van der Waals surface area contributed by atoms with E-state index in [2.05, 4.69) is 10.3 Å². The van der Waals surface area contributed by atoms with Crippen molar-refractivity contribution in [3.8, 4) is 0 Å². The second-order valence-electron chi connectivity index (χ2n) is 6.57. The molecule has 1 fully saturated rings. The maximum atomic E-state index is 12.1. The molecule has 1 amide bonds. The SMILES string of the molecule is CC(C)(C)OC(=O)N1CCC[C@@H](Cn2cc(CN)nn2)C1. The molecule has 1 aliphatic rings. The lowest BCUT2D eigenvalue weighted by molar-refractivity contribution is 0.0155. The van der Waals surface area contributed by atoms with E-state index >= 15 is 0 Å². The molecule has 0 bridgehead atoms. The molecular formula is C14H25N5O2. The third kappa shape index (κ3) is 4.70. The number of likely N-dealkylation sites (tertiary alicyclic amines) is 1. The molecule has 7 nitrogen and oxygen atoms in total. The van der Waals surface area contributed by atoms with Crippen LogP contribution in [0, 0.1) is 5.92 Å². The lowest BCUT2D eigenvalue weighted by atomic mass is 9.98. The topological polar surface area (TPSA) is 86.3 Å². The molecule has 1 saturated heterocycles. The number of carbonyl (C=O) groups excluding carboxylic acids is 1. The van der Waals surface area contributed by atoms with E-state index in [9.17, 15) is 4.79 Å². The average Bonchev–Trinajstić information content (AvgIpc) is 2.85. The zero-order valence-corrected chi connectivity index (χ0v) is 13.1. The maximum absolute atomic E-state index is 12.1. The van der Waals surface area contributed by atoms with Crippen LogP contribution in [0.3, 0.4) is 0 Å². The Labute approximate surface area is 125 Å². The molecule has 7 heteroatoms. The third-order valence-corrected chi connectivity index (χ3v) is 3.41. The predicted molar refractivity (Wildman–Crippen MR) is 78.4 cm³/mol. The van der Waals surface area contributed by atoms with Gasteiger partial charge in [-0.3, -0.25) is 4.68 Å². The van der Waals surface area contributed by atoms with Crippen LogP contribution in [0.4, 0.5) is 4.79 Å². The van der Waals surface area contributed by atoms with Crippen LogP contribution in [0.15, 0.2) is 6.20 Å². The molecule has 21 heavy (non-hydrogen) atoms. The summed E-state index contributed by atoms with van der Waals surface area (Å²) >= 11 is 0. The number of nitrogens with two attached hydrogens (primary N) is 1. The van der Waals surface area contributed by atoms with E-state index in [0.717, 1.165) is 31.6 Å². The minimum atomic E-state index is -0.452. The van der Waals surface area contributed by atoms with Gasteiger partial charge in [0.15, 0.2) is 0 Å². The second-order valence-corrected chi connectivity index (χ2v) is 6.57. The molecule has 0 unspecified atom stereocenters. The van der Waals surface area contributed by atoms with Crippen molar-refractivity contribution in [3.63, 3.8) is 0 Å². The van der Waals surface area contributed by atoms with Crippen molar-refractivity contribution >= 4 is 6.09 Å². The number of hydrogen-bond acceptors (Lipinski definition) is 5. The van der Waals surface area contributed by atoms with Crippen molar-refractivity contribution in [2.45, 2.75) is 52.3 Å². The van der Waals surface area contributed by atoms with Gasteiger partial charge in [-0.25, -0.2) is 4.79 Å². The summed E-state index contributed by atoms with van der Waals surface area (Å²) in [7, 11) is 0. The van der Waals surface area contributed by atoms with Gasteiger partial charge in [0.05, 0.1) is 5.69 Å². The quantitative estimate of drug-likeness (QED) is 0.910. The Hall–Kier alpha value is -1.63. The van der Waals surface area contributed by atoms with E-state index in [1.807, 2.05) is 31.6 Å². The van der Waals surface area contributed by atoms with Crippen molar-refractivity contribution in [2.75, 3.05) is 13.1 Å². The normalized spacial score (nSPS) is 19.6. The number of aromatic nitrogens is 3. The molecule has 0 aromatic carbocycles. The van der Waals surface area contributed by atoms with Gasteiger partial charge in [0.2, 0.25) is 0 Å². The van der Waals surface area contributed by atoms with Gasteiger partial charge in [-0.2, -0.15) is 0 Å². The number of carbonyl (C=O) groups is 1. The van der Waals surface area contributed by atoms with Gasteiger partial charge < -0.3 is 15.4 Å². The molecule has 2 N–H and O–H groups in total. The van der Waals surface area contributed by atoms with Crippen LogP contribution in [0.25, 0.3) is 0 Å². The van der Waals surface area contributed by atoms with Gasteiger partial charge in [0.25, 0.3) is 0 Å². The molecule has 118 valence electrons. The number of ether oxygens (including phenoxy) is 1. The highest BCUT2D eigenvalue weighted by Crippen LogP contribution is 2.20. The van der Waals surface area contributed by atoms with Crippen molar-refractivity contribution in [1.29, 1.82) is 0 Å². The summed E-state index contributed by atoms with van der Waals surface area (Å²) in [5.74, 6) is 0.374. The maximum Gasteiger partial charge on any atom is 0.410 e. The molecule has 0 saturated carbocycles. The second kappa shape index (κ2) is 6.43. The first-order chi connectivity index (χ1) is 9.87. The van der Waals surface area contributed by atoms with E-state index in [4.69, 9.17) is 10.5 Å². The fraction of sp³-hybridized carbons (Fsp3) is 0.786. The van der Waals surface area contributed by atoms with Gasteiger partial charge in [-0.1, -0.05) is 5.21 Å². The number of rotatable bonds is 3. The first-order valence-electron chi connectivity index (χ1n) is 7.44. The van der Waals surface area contributed by atoms with Gasteiger partial charge in [-0.05, 0) is 39.5 Å². The van der Waals surface area contributed by atoms with Crippen molar-refractivity contribution in [2.24, 2.45) is 11.7 Å². The number of nitrogens with zero attached hydrogens (tertiary/aromatic N) is 4. The first kappa shape index (κ1) is 15.8. The van der Waals surface area contributed by atoms with Gasteiger partial charge in [0.1, 0.15) is 5.60 Å². The minimum absolute atomic E-state index is 0.228. The number of amides is 1. The zero-order chi connectivity index (χ0) is 15.5. The Morgan fingerprint density at radius 3 is 2.90 bits per heavy atom. The summed E-state index contributed by atoms with van der Waals surface area (Å²) in [4.78, 5) is 13.9. The number of hydrogen-bond donors (Lipinski definition) is 1. The van der Waals surface area contributed by atoms with E-state index in [-0.39, 0.29) is 6.09 Å². The molecule has 1 aliphatic heterocycles. The lowest BCUT2D eigenvalue weighted by Crippen LogP contribution is -2.43.